The van der Waals surface area contributed by atoms with E-state index in [2.05, 4.69) is 21.3 Å². The average Bonchev–Trinajstić information content (AvgIpc) is 0.951. The van der Waals surface area contributed by atoms with Gasteiger partial charge in [-0.3, -0.25) is 33.6 Å². The normalized spacial score (nSPS) is 19.6. The number of benzene rings is 3. The maximum absolute atomic E-state index is 13.8. The minimum atomic E-state index is -1.21. The van der Waals surface area contributed by atoms with E-state index in [9.17, 15) is 48.9 Å². The highest BCUT2D eigenvalue weighted by atomic mass is 16.7. The van der Waals surface area contributed by atoms with Gasteiger partial charge in [-0.05, 0) is 86.4 Å². The number of β-amino-alcohol motifs (C(OH)–C–C–N with tert-alkyl or cyclic N) is 1. The monoisotopic (exact) mass is 1280 g/mol. The number of methoxy groups -OCH3 is 2. The van der Waals surface area contributed by atoms with Gasteiger partial charge in [0.2, 0.25) is 29.5 Å². The Morgan fingerprint density at radius 2 is 1.16 bits per heavy atom. The van der Waals surface area contributed by atoms with Crippen molar-refractivity contribution in [2.45, 2.75) is 184 Å². The SMILES string of the molecule is CCOCC(CO)(COCCC(=O)NCCCNC(=O)CCCCOC1OC(CO)C(OC(C)=O)C(OC(C)=O)C1NC(C)=O)NC(=O)CCCCCCCCCCC(=O)N1C[C@H](O)C[C@H]1COC(c1ccccc1)(c1ccc(OC)cc1)c1ccc(OC)cc1. The van der Waals surface area contributed by atoms with E-state index in [-0.39, 0.29) is 88.5 Å². The van der Waals surface area contributed by atoms with Gasteiger partial charge < -0.3 is 84.1 Å². The van der Waals surface area contributed by atoms with Crippen molar-refractivity contribution in [1.29, 1.82) is 0 Å². The lowest BCUT2D eigenvalue weighted by atomic mass is 9.80. The van der Waals surface area contributed by atoms with Crippen LogP contribution in [0.3, 0.4) is 0 Å². The van der Waals surface area contributed by atoms with Crippen molar-refractivity contribution < 1.29 is 91.5 Å². The van der Waals surface area contributed by atoms with Crippen LogP contribution in [0.2, 0.25) is 0 Å². The van der Waals surface area contributed by atoms with Crippen LogP contribution in [0, 0.1) is 0 Å². The second kappa shape index (κ2) is 40.3. The first-order valence-electron chi connectivity index (χ1n) is 32.0. The summed E-state index contributed by atoms with van der Waals surface area (Å²) >= 11 is 0. The number of amides is 5. The third kappa shape index (κ3) is 24.7. The number of carbonyl (C=O) groups is 7. The quantitative estimate of drug-likeness (QED) is 0.0221. The fourth-order valence-corrected chi connectivity index (χ4v) is 11.3. The molecule has 0 aliphatic carbocycles. The van der Waals surface area contributed by atoms with Crippen LogP contribution >= 0.6 is 0 Å². The maximum atomic E-state index is 13.8. The van der Waals surface area contributed by atoms with Crippen molar-refractivity contribution in [1.82, 2.24) is 26.2 Å². The summed E-state index contributed by atoms with van der Waals surface area (Å²) in [6.07, 6.45) is 4.26. The molecule has 0 bridgehead atoms. The van der Waals surface area contributed by atoms with Crippen LogP contribution < -0.4 is 30.7 Å². The fourth-order valence-electron chi connectivity index (χ4n) is 11.3. The first-order valence-corrected chi connectivity index (χ1v) is 32.0. The van der Waals surface area contributed by atoms with Crippen LogP contribution in [0.25, 0.3) is 0 Å². The second-order valence-electron chi connectivity index (χ2n) is 23.1. The molecule has 5 rings (SSSR count). The number of hydrogen-bond acceptors (Lipinski definition) is 19. The number of nitrogens with one attached hydrogen (secondary N) is 4. The Kier molecular flexibility index (Phi) is 33.2. The summed E-state index contributed by atoms with van der Waals surface area (Å²) in [6, 6.07) is 24.2. The molecule has 2 fully saturated rings. The molecule has 2 aliphatic rings. The Balaban J connectivity index is 0.927. The Labute approximate surface area is 535 Å². The number of unbranched alkanes of at least 4 members (excludes halogenated alkanes) is 8. The molecular weight excluding hydrogens is 1180 g/mol. The molecule has 506 valence electrons. The van der Waals surface area contributed by atoms with Crippen molar-refractivity contribution in [2.75, 3.05) is 86.7 Å². The van der Waals surface area contributed by atoms with Crippen molar-refractivity contribution in [3.05, 3.63) is 95.6 Å². The summed E-state index contributed by atoms with van der Waals surface area (Å²) in [6.45, 7) is 5.83. The van der Waals surface area contributed by atoms with E-state index in [0.717, 1.165) is 75.5 Å². The number of ether oxygens (including phenoxy) is 9. The molecular formula is C67H99N5O19. The predicted molar refractivity (Wildman–Crippen MR) is 335 cm³/mol. The van der Waals surface area contributed by atoms with Gasteiger partial charge in [0.25, 0.3) is 0 Å². The molecule has 8 atom stereocenters. The highest BCUT2D eigenvalue weighted by molar-refractivity contribution is 5.78. The number of esters is 2. The van der Waals surface area contributed by atoms with Gasteiger partial charge in [-0.15, -0.1) is 0 Å². The number of aliphatic hydroxyl groups excluding tert-OH is 3. The smallest absolute Gasteiger partial charge is 0.303 e. The third-order valence-corrected chi connectivity index (χ3v) is 15.9. The Morgan fingerprint density at radius 3 is 1.73 bits per heavy atom. The summed E-state index contributed by atoms with van der Waals surface area (Å²) in [5.41, 5.74) is 0.439. The summed E-state index contributed by atoms with van der Waals surface area (Å²) < 4.78 is 51.9. The van der Waals surface area contributed by atoms with Gasteiger partial charge in [-0.2, -0.15) is 0 Å². The van der Waals surface area contributed by atoms with Crippen LogP contribution in [-0.2, 0) is 72.3 Å². The minimum absolute atomic E-state index is 0.00271. The lowest BCUT2D eigenvalue weighted by Gasteiger charge is -2.44. The maximum Gasteiger partial charge on any atom is 0.303 e. The standard InChI is InChI=1S/C67H99N5O19/c1-7-85-45-66(44-74,46-86-39-35-59(80)69-37-21-36-68-58(79)24-19-20-38-87-65-62(70-47(2)75)64(90-49(4)77)63(89-48(3)76)57(42-73)91-65)71-60(81)25-17-12-10-8-9-11-13-18-26-61(82)72-41-54(78)40-53(72)43-88-67(50-22-15-14-16-23-50,51-27-31-55(83-5)32-28-51)52-29-33-56(84-6)34-30-52/h14-16,22-23,27-34,53-54,57,62-65,73-74,78H,7-13,17-21,24-26,35-46H2,1-6H3,(H,68,79)(H,69,80)(H,70,75)(H,71,81)/t53-,54+,57?,62?,63?,64?,65?,66?/m0/s1. The first-order chi connectivity index (χ1) is 43.9. The second-order valence-corrected chi connectivity index (χ2v) is 23.1. The van der Waals surface area contributed by atoms with E-state index < -0.39 is 78.9 Å². The molecule has 0 radical (unpaired) electrons. The molecule has 6 unspecified atom stereocenters. The summed E-state index contributed by atoms with van der Waals surface area (Å²) in [5, 5.41) is 42.4. The lowest BCUT2D eigenvalue weighted by molar-refractivity contribution is -0.276. The number of rotatable bonds is 43. The zero-order valence-electron chi connectivity index (χ0n) is 54.0. The predicted octanol–water partition coefficient (Wildman–Crippen LogP) is 5.06. The third-order valence-electron chi connectivity index (χ3n) is 15.9. The molecule has 3 aromatic carbocycles. The van der Waals surface area contributed by atoms with Gasteiger partial charge in [0.1, 0.15) is 34.8 Å². The summed E-state index contributed by atoms with van der Waals surface area (Å²) in [5.74, 6) is -1.19. The van der Waals surface area contributed by atoms with E-state index in [1.165, 1.54) is 6.92 Å². The zero-order valence-corrected chi connectivity index (χ0v) is 54.0. The van der Waals surface area contributed by atoms with Gasteiger partial charge in [0, 0.05) is 79.3 Å². The van der Waals surface area contributed by atoms with Crippen molar-refractivity contribution in [2.24, 2.45) is 0 Å². The largest absolute Gasteiger partial charge is 0.497 e. The summed E-state index contributed by atoms with van der Waals surface area (Å²) in [4.78, 5) is 89.7. The van der Waals surface area contributed by atoms with Crippen LogP contribution in [0.5, 0.6) is 11.5 Å². The zero-order chi connectivity index (χ0) is 66.0. The van der Waals surface area contributed by atoms with E-state index in [1.807, 2.05) is 85.8 Å². The number of likely N-dealkylation sites (tertiary alicyclic amines) is 1. The van der Waals surface area contributed by atoms with Crippen molar-refractivity contribution in [3.8, 4) is 11.5 Å². The highest BCUT2D eigenvalue weighted by Gasteiger charge is 2.51. The Bertz CT molecular complexity index is 2620. The summed E-state index contributed by atoms with van der Waals surface area (Å²) in [7, 11) is 3.26. The van der Waals surface area contributed by atoms with Crippen LogP contribution in [0.4, 0.5) is 0 Å². The van der Waals surface area contributed by atoms with Gasteiger partial charge >= 0.3 is 11.9 Å². The van der Waals surface area contributed by atoms with Crippen LogP contribution in [-0.4, -0.2) is 197 Å². The van der Waals surface area contributed by atoms with Gasteiger partial charge in [-0.25, -0.2) is 0 Å². The molecule has 2 aliphatic heterocycles. The molecule has 91 heavy (non-hydrogen) atoms. The number of hydrogen-bond donors (Lipinski definition) is 7. The number of carbonyl (C=O) groups excluding carboxylic acids is 7. The topological polar surface area (TPSA) is 315 Å². The van der Waals surface area contributed by atoms with E-state index in [1.54, 1.807) is 19.1 Å². The molecule has 24 heteroatoms. The van der Waals surface area contributed by atoms with E-state index in [4.69, 9.17) is 42.6 Å². The van der Waals surface area contributed by atoms with Gasteiger partial charge in [0.05, 0.1) is 66.0 Å². The van der Waals surface area contributed by atoms with E-state index in [0.29, 0.717) is 69.7 Å². The molecule has 0 aromatic heterocycles. The Morgan fingerprint density at radius 1 is 0.626 bits per heavy atom. The lowest BCUT2D eigenvalue weighted by Crippen LogP contribution is -2.66. The molecule has 2 saturated heterocycles. The molecule has 24 nitrogen and oxygen atoms in total. The first kappa shape index (κ1) is 75.0. The fraction of sp³-hybridized carbons (Fsp3) is 0.627. The molecule has 3 aromatic rings. The van der Waals surface area contributed by atoms with Crippen molar-refractivity contribution in [3.63, 3.8) is 0 Å². The van der Waals surface area contributed by atoms with Gasteiger partial charge in [-0.1, -0.05) is 93.1 Å². The molecule has 5 amide bonds. The van der Waals surface area contributed by atoms with Crippen molar-refractivity contribution >= 4 is 41.5 Å². The van der Waals surface area contributed by atoms with E-state index >= 15 is 0 Å². The molecule has 7 N–H and O–H groups in total. The number of aliphatic hydroxyl groups is 3. The average molecular weight is 1280 g/mol. The highest BCUT2D eigenvalue weighted by Crippen LogP contribution is 2.42. The van der Waals surface area contributed by atoms with Gasteiger partial charge in [0.15, 0.2) is 18.5 Å². The molecule has 2 heterocycles. The minimum Gasteiger partial charge on any atom is -0.497 e. The Hall–Kier alpha value is -6.77. The number of nitrogens with zero attached hydrogens (tertiary/aromatic N) is 1. The van der Waals surface area contributed by atoms with Crippen LogP contribution in [0.1, 0.15) is 147 Å². The molecule has 0 spiro atoms. The van der Waals surface area contributed by atoms with Crippen LogP contribution in [0.15, 0.2) is 78.9 Å². The molecule has 0 saturated carbocycles.